The van der Waals surface area contributed by atoms with Gasteiger partial charge < -0.3 is 14.2 Å². The van der Waals surface area contributed by atoms with Crippen LogP contribution in [0.4, 0.5) is 4.39 Å². The normalized spacial score (nSPS) is 10.0. The van der Waals surface area contributed by atoms with Gasteiger partial charge in [-0.1, -0.05) is 12.1 Å². The summed E-state index contributed by atoms with van der Waals surface area (Å²) in [6.07, 6.45) is 0. The fourth-order valence-corrected chi connectivity index (χ4v) is 1.78. The maximum Gasteiger partial charge on any atom is 0.344 e. The van der Waals surface area contributed by atoms with Crippen LogP contribution in [0.5, 0.6) is 11.5 Å². The van der Waals surface area contributed by atoms with Crippen molar-refractivity contribution in [2.24, 2.45) is 0 Å². The van der Waals surface area contributed by atoms with Gasteiger partial charge in [0.05, 0.1) is 7.11 Å². The summed E-state index contributed by atoms with van der Waals surface area (Å²) in [7, 11) is 1.49. The van der Waals surface area contributed by atoms with Crippen molar-refractivity contribution in [2.45, 2.75) is 0 Å². The third-order valence-corrected chi connectivity index (χ3v) is 2.95. The van der Waals surface area contributed by atoms with E-state index >= 15 is 0 Å². The van der Waals surface area contributed by atoms with Crippen LogP contribution in [-0.4, -0.2) is 32.1 Å². The van der Waals surface area contributed by atoms with E-state index in [0.717, 1.165) is 0 Å². The largest absolute Gasteiger partial charge is 0.493 e. The molecule has 0 fully saturated rings. The predicted molar refractivity (Wildman–Crippen MR) is 80.2 cm³/mol. The van der Waals surface area contributed by atoms with Crippen LogP contribution in [0.3, 0.4) is 0 Å². The quantitative estimate of drug-likeness (QED) is 0.580. The van der Waals surface area contributed by atoms with Crippen molar-refractivity contribution in [1.82, 2.24) is 0 Å². The minimum absolute atomic E-state index is 0.268. The lowest BCUT2D eigenvalue weighted by molar-refractivity contribution is -0.144. The van der Waals surface area contributed by atoms with E-state index in [1.165, 1.54) is 31.4 Å². The lowest BCUT2D eigenvalue weighted by atomic mass is 10.1. The van der Waals surface area contributed by atoms with Gasteiger partial charge in [0.25, 0.3) is 0 Å². The molecule has 2 aromatic rings. The predicted octanol–water partition coefficient (Wildman–Crippen LogP) is 2.64. The zero-order chi connectivity index (χ0) is 16.7. The molecule has 2 aromatic carbocycles. The lowest BCUT2D eigenvalue weighted by Gasteiger charge is -2.10. The fraction of sp³-hybridized carbons (Fsp3) is 0.176. The Morgan fingerprint density at radius 1 is 0.957 bits per heavy atom. The molecule has 2 rings (SSSR count). The Labute approximate surface area is 132 Å². The first-order valence-electron chi connectivity index (χ1n) is 6.80. The minimum Gasteiger partial charge on any atom is -0.493 e. The highest BCUT2D eigenvalue weighted by Gasteiger charge is 2.12. The lowest BCUT2D eigenvalue weighted by Crippen LogP contribution is -2.19. The molecule has 0 aliphatic carbocycles. The molecular formula is C17H15FO5. The number of rotatable bonds is 7. The maximum atomic E-state index is 12.8. The van der Waals surface area contributed by atoms with Gasteiger partial charge in [0.1, 0.15) is 5.82 Å². The Balaban J connectivity index is 1.81. The summed E-state index contributed by atoms with van der Waals surface area (Å²) >= 11 is 0. The Bertz CT molecular complexity index is 682. The highest BCUT2D eigenvalue weighted by Crippen LogP contribution is 2.25. The van der Waals surface area contributed by atoms with Crippen molar-refractivity contribution in [2.75, 3.05) is 20.3 Å². The molecule has 0 bridgehead atoms. The van der Waals surface area contributed by atoms with E-state index in [1.54, 1.807) is 24.3 Å². The monoisotopic (exact) mass is 318 g/mol. The second-order valence-corrected chi connectivity index (χ2v) is 4.53. The van der Waals surface area contributed by atoms with Crippen LogP contribution in [-0.2, 0) is 9.53 Å². The number of carbonyl (C=O) groups is 2. The summed E-state index contributed by atoms with van der Waals surface area (Å²) in [6, 6.07) is 11.8. The van der Waals surface area contributed by atoms with Gasteiger partial charge in [0.2, 0.25) is 0 Å². The molecule has 23 heavy (non-hydrogen) atoms. The summed E-state index contributed by atoms with van der Waals surface area (Å²) in [5.41, 5.74) is 0.268. The number of methoxy groups -OCH3 is 1. The topological polar surface area (TPSA) is 61.8 Å². The SMILES string of the molecule is COc1ccccc1OCC(=O)OCC(=O)c1ccc(F)cc1. The summed E-state index contributed by atoms with van der Waals surface area (Å²) in [6.45, 7) is -0.781. The highest BCUT2D eigenvalue weighted by atomic mass is 19.1. The second kappa shape index (κ2) is 7.93. The smallest absolute Gasteiger partial charge is 0.344 e. The molecule has 0 aromatic heterocycles. The number of halogens is 1. The molecule has 0 saturated carbocycles. The molecule has 0 atom stereocenters. The maximum absolute atomic E-state index is 12.8. The van der Waals surface area contributed by atoms with Crippen LogP contribution in [0.1, 0.15) is 10.4 Å². The van der Waals surface area contributed by atoms with Crippen LogP contribution in [0.15, 0.2) is 48.5 Å². The average Bonchev–Trinajstić information content (AvgIpc) is 2.58. The Hall–Kier alpha value is -2.89. The van der Waals surface area contributed by atoms with Crippen LogP contribution >= 0.6 is 0 Å². The van der Waals surface area contributed by atoms with E-state index in [9.17, 15) is 14.0 Å². The number of carbonyl (C=O) groups excluding carboxylic acids is 2. The van der Waals surface area contributed by atoms with Gasteiger partial charge in [-0.25, -0.2) is 9.18 Å². The van der Waals surface area contributed by atoms with Crippen LogP contribution < -0.4 is 9.47 Å². The molecule has 0 amide bonds. The number of para-hydroxylation sites is 2. The molecule has 0 N–H and O–H groups in total. The standard InChI is InChI=1S/C17H15FO5/c1-21-15-4-2-3-5-16(15)22-11-17(20)23-10-14(19)12-6-8-13(18)9-7-12/h2-9H,10-11H2,1H3. The first-order valence-corrected chi connectivity index (χ1v) is 6.80. The van der Waals surface area contributed by atoms with E-state index in [2.05, 4.69) is 0 Å². The number of hydrogen-bond donors (Lipinski definition) is 0. The number of ketones is 1. The number of ether oxygens (including phenoxy) is 3. The van der Waals surface area contributed by atoms with Crippen molar-refractivity contribution in [1.29, 1.82) is 0 Å². The molecule has 0 heterocycles. The number of hydrogen-bond acceptors (Lipinski definition) is 5. The molecular weight excluding hydrogens is 303 g/mol. The highest BCUT2D eigenvalue weighted by molar-refractivity contribution is 5.97. The molecule has 0 radical (unpaired) electrons. The second-order valence-electron chi connectivity index (χ2n) is 4.53. The van der Waals surface area contributed by atoms with Crippen molar-refractivity contribution in [3.8, 4) is 11.5 Å². The van der Waals surface area contributed by atoms with Crippen molar-refractivity contribution in [3.05, 3.63) is 59.9 Å². The number of Topliss-reactive ketones (excluding diaryl/α,β-unsaturated/α-hetero) is 1. The van der Waals surface area contributed by atoms with E-state index in [4.69, 9.17) is 14.2 Å². The van der Waals surface area contributed by atoms with Gasteiger partial charge in [-0.15, -0.1) is 0 Å². The van der Waals surface area contributed by atoms with Gasteiger partial charge in [0.15, 0.2) is 30.5 Å². The van der Waals surface area contributed by atoms with Gasteiger partial charge in [0, 0.05) is 5.56 Å². The summed E-state index contributed by atoms with van der Waals surface area (Å²) < 4.78 is 28.0. The van der Waals surface area contributed by atoms with Crippen LogP contribution in [0.25, 0.3) is 0 Å². The molecule has 0 unspecified atom stereocenters. The average molecular weight is 318 g/mol. The van der Waals surface area contributed by atoms with E-state index in [0.29, 0.717) is 11.5 Å². The Morgan fingerprint density at radius 3 is 2.26 bits per heavy atom. The van der Waals surface area contributed by atoms with E-state index in [-0.39, 0.29) is 12.2 Å². The zero-order valence-electron chi connectivity index (χ0n) is 12.5. The zero-order valence-corrected chi connectivity index (χ0v) is 12.5. The molecule has 5 nitrogen and oxygen atoms in total. The summed E-state index contributed by atoms with van der Waals surface area (Å²) in [4.78, 5) is 23.4. The fourth-order valence-electron chi connectivity index (χ4n) is 1.78. The number of esters is 1. The molecule has 120 valence electrons. The molecule has 0 aliphatic rings. The van der Waals surface area contributed by atoms with Crippen molar-refractivity contribution < 1.29 is 28.2 Å². The van der Waals surface area contributed by atoms with E-state index in [1.807, 2.05) is 0 Å². The number of benzene rings is 2. The summed E-state index contributed by atoms with van der Waals surface area (Å²) in [5, 5.41) is 0. The third-order valence-electron chi connectivity index (χ3n) is 2.95. The van der Waals surface area contributed by atoms with E-state index < -0.39 is 24.2 Å². The first kappa shape index (κ1) is 16.5. The molecule has 0 spiro atoms. The van der Waals surface area contributed by atoms with Gasteiger partial charge in [-0.3, -0.25) is 4.79 Å². The Kier molecular flexibility index (Phi) is 5.68. The Morgan fingerprint density at radius 2 is 1.61 bits per heavy atom. The minimum atomic E-state index is -0.689. The molecule has 0 aliphatic heterocycles. The van der Waals surface area contributed by atoms with Crippen LogP contribution in [0.2, 0.25) is 0 Å². The molecule has 0 saturated heterocycles. The van der Waals surface area contributed by atoms with Gasteiger partial charge >= 0.3 is 5.97 Å². The van der Waals surface area contributed by atoms with Crippen LogP contribution in [0, 0.1) is 5.82 Å². The molecule has 6 heteroatoms. The summed E-state index contributed by atoms with van der Waals surface area (Å²) in [5.74, 6) is -0.662. The van der Waals surface area contributed by atoms with Gasteiger partial charge in [-0.2, -0.15) is 0 Å². The van der Waals surface area contributed by atoms with Gasteiger partial charge in [-0.05, 0) is 36.4 Å². The van der Waals surface area contributed by atoms with Crippen molar-refractivity contribution >= 4 is 11.8 Å². The third kappa shape index (κ3) is 4.81. The van der Waals surface area contributed by atoms with Crippen molar-refractivity contribution in [3.63, 3.8) is 0 Å². The first-order chi connectivity index (χ1) is 11.1.